The number of benzene rings is 2. The molecular weight excluding hydrogens is 394 g/mol. The van der Waals surface area contributed by atoms with Gasteiger partial charge in [0.2, 0.25) is 0 Å². The maximum absolute atomic E-state index is 12.4. The summed E-state index contributed by atoms with van der Waals surface area (Å²) in [5, 5.41) is 1.06. The lowest BCUT2D eigenvalue weighted by Gasteiger charge is -2.31. The summed E-state index contributed by atoms with van der Waals surface area (Å²) in [6, 6.07) is 10.3. The molecule has 0 unspecified atom stereocenters. The van der Waals surface area contributed by atoms with E-state index in [4.69, 9.17) is 9.15 Å². The molecule has 2 aromatic carbocycles. The van der Waals surface area contributed by atoms with Crippen LogP contribution in [0.25, 0.3) is 11.0 Å². The number of anilines is 1. The van der Waals surface area contributed by atoms with Gasteiger partial charge in [0.1, 0.15) is 11.3 Å². The molecule has 0 saturated heterocycles. The summed E-state index contributed by atoms with van der Waals surface area (Å²) in [7, 11) is 0. The van der Waals surface area contributed by atoms with Crippen molar-refractivity contribution in [2.24, 2.45) is 0 Å². The smallest absolute Gasteiger partial charge is 0.339 e. The number of hydrogen-bond donors (Lipinski definition) is 0. The number of hydrogen-bond acceptors (Lipinski definition) is 4. The molecule has 0 atom stereocenters. The van der Waals surface area contributed by atoms with E-state index in [2.05, 4.69) is 46.0 Å². The van der Waals surface area contributed by atoms with Crippen LogP contribution in [0.1, 0.15) is 28.7 Å². The third kappa shape index (κ3) is 2.37. The summed E-state index contributed by atoms with van der Waals surface area (Å²) in [6.07, 6.45) is 2.80. The summed E-state index contributed by atoms with van der Waals surface area (Å²) < 4.78 is 12.8. The Morgan fingerprint density at radius 2 is 1.92 bits per heavy atom. The number of aryl methyl sites for hydroxylation is 2. The van der Waals surface area contributed by atoms with Crippen LogP contribution in [0.5, 0.6) is 5.75 Å². The predicted molar refractivity (Wildman–Crippen MR) is 105 cm³/mol. The lowest BCUT2D eigenvalue weighted by Crippen LogP contribution is -2.32. The minimum Gasteiger partial charge on any atom is -0.473 e. The van der Waals surface area contributed by atoms with Crippen molar-refractivity contribution < 1.29 is 9.15 Å². The summed E-state index contributed by atoms with van der Waals surface area (Å²) >= 11 is 3.55. The summed E-state index contributed by atoms with van der Waals surface area (Å²) in [5.41, 5.74) is 5.75. The lowest BCUT2D eigenvalue weighted by atomic mass is 10.0. The van der Waals surface area contributed by atoms with Gasteiger partial charge in [-0.2, -0.15) is 0 Å². The van der Waals surface area contributed by atoms with Crippen LogP contribution in [0.2, 0.25) is 0 Å². The Balaban J connectivity index is 1.64. The fourth-order valence-corrected chi connectivity index (χ4v) is 4.29. The van der Waals surface area contributed by atoms with E-state index < -0.39 is 0 Å². The molecule has 0 radical (unpaired) electrons. The fourth-order valence-electron chi connectivity index (χ4n) is 4.04. The molecule has 5 rings (SSSR count). The number of fused-ring (bicyclic) bond motifs is 5. The van der Waals surface area contributed by atoms with Crippen molar-refractivity contribution in [1.82, 2.24) is 0 Å². The summed E-state index contributed by atoms with van der Waals surface area (Å²) in [6.45, 7) is 3.22. The maximum atomic E-state index is 12.4. The molecule has 5 heteroatoms. The van der Waals surface area contributed by atoms with Gasteiger partial charge < -0.3 is 14.1 Å². The Morgan fingerprint density at radius 1 is 1.08 bits per heavy atom. The van der Waals surface area contributed by atoms with Gasteiger partial charge in [-0.25, -0.2) is 4.79 Å². The van der Waals surface area contributed by atoms with Gasteiger partial charge in [0.25, 0.3) is 0 Å². The molecule has 0 saturated carbocycles. The van der Waals surface area contributed by atoms with Crippen LogP contribution in [-0.4, -0.2) is 6.73 Å². The lowest BCUT2D eigenvalue weighted by molar-refractivity contribution is 0.289. The van der Waals surface area contributed by atoms with Crippen LogP contribution >= 0.6 is 15.9 Å². The Hall–Kier alpha value is -2.27. The van der Waals surface area contributed by atoms with Gasteiger partial charge in [0, 0.05) is 21.1 Å². The number of rotatable bonds is 1. The zero-order chi connectivity index (χ0) is 17.8. The SMILES string of the molecule is Cc1cc(N2COc3ccc4c5c(c(=O)oc4c3C2)CCC5)ccc1Br. The molecule has 26 heavy (non-hydrogen) atoms. The van der Waals surface area contributed by atoms with Gasteiger partial charge in [-0.1, -0.05) is 15.9 Å². The van der Waals surface area contributed by atoms with E-state index in [-0.39, 0.29) is 5.63 Å². The first-order valence-electron chi connectivity index (χ1n) is 8.86. The standard InChI is InChI=1S/C21H18BrNO3/c1-12-9-13(5-7-18(12)22)23-10-17-19(25-11-23)8-6-15-14-3-2-4-16(14)21(24)26-20(15)17/h5-9H,2-4,10-11H2,1H3. The zero-order valence-electron chi connectivity index (χ0n) is 14.5. The zero-order valence-corrected chi connectivity index (χ0v) is 16.1. The predicted octanol–water partition coefficient (Wildman–Crippen LogP) is 4.71. The molecule has 132 valence electrons. The van der Waals surface area contributed by atoms with Gasteiger partial charge >= 0.3 is 5.63 Å². The highest BCUT2D eigenvalue weighted by Crippen LogP contribution is 2.37. The van der Waals surface area contributed by atoms with Crippen molar-refractivity contribution in [3.8, 4) is 5.75 Å². The topological polar surface area (TPSA) is 42.7 Å². The average molecular weight is 412 g/mol. The Bertz CT molecular complexity index is 1100. The number of ether oxygens (including phenoxy) is 1. The molecule has 1 aliphatic carbocycles. The monoisotopic (exact) mass is 411 g/mol. The van der Waals surface area contributed by atoms with E-state index in [0.717, 1.165) is 57.2 Å². The molecule has 0 fully saturated rings. The van der Waals surface area contributed by atoms with Crippen LogP contribution < -0.4 is 15.3 Å². The van der Waals surface area contributed by atoms with E-state index in [0.29, 0.717) is 18.9 Å². The highest BCUT2D eigenvalue weighted by atomic mass is 79.9. The second kappa shape index (κ2) is 5.88. The second-order valence-corrected chi connectivity index (χ2v) is 7.88. The minimum absolute atomic E-state index is 0.185. The first-order valence-corrected chi connectivity index (χ1v) is 9.65. The largest absolute Gasteiger partial charge is 0.473 e. The molecule has 2 aliphatic rings. The molecule has 0 spiro atoms. The molecule has 0 bridgehead atoms. The van der Waals surface area contributed by atoms with Gasteiger partial charge in [-0.3, -0.25) is 0 Å². The van der Waals surface area contributed by atoms with E-state index >= 15 is 0 Å². The normalized spacial score (nSPS) is 15.7. The minimum atomic E-state index is -0.185. The average Bonchev–Trinajstić information content (AvgIpc) is 3.14. The van der Waals surface area contributed by atoms with Crippen molar-refractivity contribution in [2.75, 3.05) is 11.6 Å². The third-order valence-corrected chi connectivity index (χ3v) is 6.32. The van der Waals surface area contributed by atoms with E-state index in [1.54, 1.807) is 0 Å². The Labute approximate surface area is 159 Å². The third-order valence-electron chi connectivity index (χ3n) is 5.43. The van der Waals surface area contributed by atoms with Gasteiger partial charge in [0.05, 0.1) is 12.1 Å². The van der Waals surface area contributed by atoms with Crippen LogP contribution in [0.4, 0.5) is 5.69 Å². The second-order valence-electron chi connectivity index (χ2n) is 7.02. The fraction of sp³-hybridized carbons (Fsp3) is 0.286. The van der Waals surface area contributed by atoms with Crippen molar-refractivity contribution in [3.05, 3.63) is 67.5 Å². The first-order chi connectivity index (χ1) is 12.6. The highest BCUT2D eigenvalue weighted by molar-refractivity contribution is 9.10. The van der Waals surface area contributed by atoms with Crippen LogP contribution in [0, 0.1) is 6.92 Å². The molecule has 2 heterocycles. The molecule has 0 amide bonds. The highest BCUT2D eigenvalue weighted by Gasteiger charge is 2.26. The van der Waals surface area contributed by atoms with Crippen LogP contribution in [0.3, 0.4) is 0 Å². The van der Waals surface area contributed by atoms with Crippen LogP contribution in [0.15, 0.2) is 44.0 Å². The van der Waals surface area contributed by atoms with Crippen molar-refractivity contribution in [1.29, 1.82) is 0 Å². The summed E-state index contributed by atoms with van der Waals surface area (Å²) in [5.74, 6) is 0.809. The maximum Gasteiger partial charge on any atom is 0.339 e. The Morgan fingerprint density at radius 3 is 2.77 bits per heavy atom. The van der Waals surface area contributed by atoms with E-state index in [9.17, 15) is 4.79 Å². The summed E-state index contributed by atoms with van der Waals surface area (Å²) in [4.78, 5) is 14.6. The molecular formula is C21H18BrNO3. The molecule has 1 aliphatic heterocycles. The van der Waals surface area contributed by atoms with Gasteiger partial charge in [-0.05, 0) is 67.6 Å². The molecule has 4 nitrogen and oxygen atoms in total. The Kier molecular flexibility index (Phi) is 3.60. The molecule has 0 N–H and O–H groups in total. The van der Waals surface area contributed by atoms with Gasteiger partial charge in [0.15, 0.2) is 6.73 Å². The number of nitrogens with zero attached hydrogens (tertiary/aromatic N) is 1. The molecule has 1 aromatic heterocycles. The van der Waals surface area contributed by atoms with Gasteiger partial charge in [-0.15, -0.1) is 0 Å². The van der Waals surface area contributed by atoms with Crippen molar-refractivity contribution in [2.45, 2.75) is 32.7 Å². The quantitative estimate of drug-likeness (QED) is 0.543. The van der Waals surface area contributed by atoms with Crippen molar-refractivity contribution >= 4 is 32.6 Å². The van der Waals surface area contributed by atoms with Crippen LogP contribution in [-0.2, 0) is 19.4 Å². The first kappa shape index (κ1) is 15.9. The van der Waals surface area contributed by atoms with E-state index in [1.807, 2.05) is 12.1 Å². The molecule has 3 aromatic rings. The van der Waals surface area contributed by atoms with E-state index in [1.165, 1.54) is 5.56 Å². The number of halogens is 1. The van der Waals surface area contributed by atoms with Crippen molar-refractivity contribution in [3.63, 3.8) is 0 Å².